The first-order valence-corrected chi connectivity index (χ1v) is 8.95. The standard InChI is InChI=1S/C19H36O4/c1-6-7-8-9-10-11-12-13-17(19(21-4)22-5)14-15-23-18(20)16(2)3/h17,19H,2,6-15H2,1,3-5H3. The van der Waals surface area contributed by atoms with Crippen molar-refractivity contribution < 1.29 is 19.0 Å². The molecule has 1 unspecified atom stereocenters. The molecule has 0 radical (unpaired) electrons. The Morgan fingerprint density at radius 2 is 1.52 bits per heavy atom. The number of carbonyl (C=O) groups excluding carboxylic acids is 1. The lowest BCUT2D eigenvalue weighted by Gasteiger charge is -2.24. The van der Waals surface area contributed by atoms with Crippen LogP contribution in [-0.4, -0.2) is 33.1 Å². The molecule has 0 aliphatic heterocycles. The molecule has 0 N–H and O–H groups in total. The van der Waals surface area contributed by atoms with Gasteiger partial charge in [-0.25, -0.2) is 4.79 Å². The van der Waals surface area contributed by atoms with Crippen LogP contribution in [0.25, 0.3) is 0 Å². The molecule has 0 aromatic rings. The molecule has 0 fully saturated rings. The van der Waals surface area contributed by atoms with E-state index in [1.165, 1.54) is 38.5 Å². The Morgan fingerprint density at radius 3 is 2.04 bits per heavy atom. The smallest absolute Gasteiger partial charge is 0.333 e. The van der Waals surface area contributed by atoms with Gasteiger partial charge in [0.05, 0.1) is 6.61 Å². The minimum atomic E-state index is -0.328. The van der Waals surface area contributed by atoms with Crippen molar-refractivity contribution in [1.82, 2.24) is 0 Å². The molecule has 0 rings (SSSR count). The summed E-state index contributed by atoms with van der Waals surface area (Å²) in [6, 6.07) is 0. The van der Waals surface area contributed by atoms with Crippen LogP contribution in [0.5, 0.6) is 0 Å². The zero-order valence-electron chi connectivity index (χ0n) is 15.6. The zero-order chi connectivity index (χ0) is 17.5. The summed E-state index contributed by atoms with van der Waals surface area (Å²) in [7, 11) is 3.32. The maximum Gasteiger partial charge on any atom is 0.333 e. The van der Waals surface area contributed by atoms with E-state index in [1.807, 2.05) is 0 Å². The van der Waals surface area contributed by atoms with Gasteiger partial charge >= 0.3 is 5.97 Å². The lowest BCUT2D eigenvalue weighted by atomic mass is 9.96. The minimum absolute atomic E-state index is 0.237. The van der Waals surface area contributed by atoms with Gasteiger partial charge in [-0.05, 0) is 19.8 Å². The zero-order valence-corrected chi connectivity index (χ0v) is 15.6. The number of hydrogen-bond donors (Lipinski definition) is 0. The first-order chi connectivity index (χ1) is 11.1. The Bertz CT molecular complexity index is 310. The van der Waals surface area contributed by atoms with E-state index in [0.717, 1.165) is 19.3 Å². The molecule has 0 bridgehead atoms. The van der Waals surface area contributed by atoms with Gasteiger partial charge in [-0.1, -0.05) is 58.4 Å². The van der Waals surface area contributed by atoms with Crippen LogP contribution in [0.2, 0.25) is 0 Å². The molecule has 0 saturated heterocycles. The predicted octanol–water partition coefficient (Wildman–Crippen LogP) is 4.87. The summed E-state index contributed by atoms with van der Waals surface area (Å²) in [6.45, 7) is 7.87. The van der Waals surface area contributed by atoms with Gasteiger partial charge < -0.3 is 14.2 Å². The molecule has 136 valence electrons. The molecule has 4 nitrogen and oxygen atoms in total. The third-order valence-corrected chi connectivity index (χ3v) is 4.10. The van der Waals surface area contributed by atoms with Crippen molar-refractivity contribution in [2.75, 3.05) is 20.8 Å². The second kappa shape index (κ2) is 14.7. The SMILES string of the molecule is C=C(C)C(=O)OCCC(CCCCCCCCC)C(OC)OC. The lowest BCUT2D eigenvalue weighted by Crippen LogP contribution is -2.26. The largest absolute Gasteiger partial charge is 0.462 e. The topological polar surface area (TPSA) is 44.8 Å². The summed E-state index contributed by atoms with van der Waals surface area (Å²) in [5, 5.41) is 0. The second-order valence-corrected chi connectivity index (χ2v) is 6.21. The Hall–Kier alpha value is -0.870. The van der Waals surface area contributed by atoms with Crippen molar-refractivity contribution in [2.24, 2.45) is 5.92 Å². The molecule has 0 saturated carbocycles. The highest BCUT2D eigenvalue weighted by molar-refractivity contribution is 5.86. The fourth-order valence-corrected chi connectivity index (χ4v) is 2.69. The van der Waals surface area contributed by atoms with Crippen molar-refractivity contribution in [3.05, 3.63) is 12.2 Å². The molecular weight excluding hydrogens is 292 g/mol. The number of carbonyl (C=O) groups is 1. The van der Waals surface area contributed by atoms with Crippen molar-refractivity contribution in [3.63, 3.8) is 0 Å². The fraction of sp³-hybridized carbons (Fsp3) is 0.842. The molecule has 0 spiro atoms. The highest BCUT2D eigenvalue weighted by Crippen LogP contribution is 2.21. The first kappa shape index (κ1) is 22.1. The average Bonchev–Trinajstić information content (AvgIpc) is 2.54. The van der Waals surface area contributed by atoms with Crippen LogP contribution in [0.4, 0.5) is 0 Å². The van der Waals surface area contributed by atoms with Gasteiger partial charge in [0.2, 0.25) is 0 Å². The van der Waals surface area contributed by atoms with Gasteiger partial charge in [-0.15, -0.1) is 0 Å². The fourth-order valence-electron chi connectivity index (χ4n) is 2.69. The quantitative estimate of drug-likeness (QED) is 0.186. The molecule has 0 amide bonds. The third kappa shape index (κ3) is 11.3. The summed E-state index contributed by atoms with van der Waals surface area (Å²) < 4.78 is 16.0. The predicted molar refractivity (Wildman–Crippen MR) is 94.3 cm³/mol. The van der Waals surface area contributed by atoms with E-state index in [2.05, 4.69) is 13.5 Å². The molecule has 0 aliphatic carbocycles. The van der Waals surface area contributed by atoms with Crippen LogP contribution < -0.4 is 0 Å². The van der Waals surface area contributed by atoms with Crippen molar-refractivity contribution in [3.8, 4) is 0 Å². The van der Waals surface area contributed by atoms with Crippen LogP contribution >= 0.6 is 0 Å². The van der Waals surface area contributed by atoms with Gasteiger partial charge in [0.25, 0.3) is 0 Å². The van der Waals surface area contributed by atoms with Crippen LogP contribution in [0.1, 0.15) is 71.6 Å². The maximum atomic E-state index is 11.4. The summed E-state index contributed by atoms with van der Waals surface area (Å²) >= 11 is 0. The van der Waals surface area contributed by atoms with E-state index in [-0.39, 0.29) is 18.2 Å². The Kier molecular flexibility index (Phi) is 14.1. The Labute approximate surface area is 142 Å². The molecular formula is C19H36O4. The van der Waals surface area contributed by atoms with E-state index in [9.17, 15) is 4.79 Å². The van der Waals surface area contributed by atoms with E-state index < -0.39 is 0 Å². The van der Waals surface area contributed by atoms with Crippen molar-refractivity contribution >= 4 is 5.97 Å². The van der Waals surface area contributed by atoms with Gasteiger partial charge in [0.15, 0.2) is 6.29 Å². The summed E-state index contributed by atoms with van der Waals surface area (Å²) in [4.78, 5) is 11.4. The number of hydrogen-bond acceptors (Lipinski definition) is 4. The van der Waals surface area contributed by atoms with Crippen molar-refractivity contribution in [2.45, 2.75) is 77.9 Å². The summed E-state index contributed by atoms with van der Waals surface area (Å²) in [6.07, 6.45) is 10.5. The van der Waals surface area contributed by atoms with Crippen LogP contribution in [0.3, 0.4) is 0 Å². The second-order valence-electron chi connectivity index (χ2n) is 6.21. The molecule has 0 aromatic carbocycles. The van der Waals surface area contributed by atoms with Gasteiger partial charge in [0.1, 0.15) is 0 Å². The number of methoxy groups -OCH3 is 2. The molecule has 23 heavy (non-hydrogen) atoms. The lowest BCUT2D eigenvalue weighted by molar-refractivity contribution is -0.150. The summed E-state index contributed by atoms with van der Waals surface area (Å²) in [5.41, 5.74) is 0.434. The minimum Gasteiger partial charge on any atom is -0.462 e. The Balaban J connectivity index is 4.05. The molecule has 0 heterocycles. The molecule has 4 heteroatoms. The number of esters is 1. The van der Waals surface area contributed by atoms with Crippen molar-refractivity contribution in [1.29, 1.82) is 0 Å². The summed E-state index contributed by atoms with van der Waals surface area (Å²) in [5.74, 6) is -0.0791. The number of ether oxygens (including phenoxy) is 3. The average molecular weight is 328 g/mol. The number of rotatable bonds is 15. The van der Waals surface area contributed by atoms with Gasteiger partial charge in [-0.2, -0.15) is 0 Å². The van der Waals surface area contributed by atoms with Crippen LogP contribution in [0, 0.1) is 5.92 Å². The molecule has 0 aromatic heterocycles. The normalized spacial score (nSPS) is 12.4. The third-order valence-electron chi connectivity index (χ3n) is 4.10. The van der Waals surface area contributed by atoms with Gasteiger partial charge in [-0.3, -0.25) is 0 Å². The van der Waals surface area contributed by atoms with E-state index in [4.69, 9.17) is 14.2 Å². The molecule has 0 aliphatic rings. The monoisotopic (exact) mass is 328 g/mol. The first-order valence-electron chi connectivity index (χ1n) is 8.95. The maximum absolute atomic E-state index is 11.4. The van der Waals surface area contributed by atoms with Gasteiger partial charge in [0, 0.05) is 25.7 Å². The Morgan fingerprint density at radius 1 is 0.957 bits per heavy atom. The highest BCUT2D eigenvalue weighted by Gasteiger charge is 2.21. The van der Waals surface area contributed by atoms with Crippen LogP contribution in [0.15, 0.2) is 12.2 Å². The van der Waals surface area contributed by atoms with Crippen LogP contribution in [-0.2, 0) is 19.0 Å². The van der Waals surface area contributed by atoms with E-state index >= 15 is 0 Å². The van der Waals surface area contributed by atoms with E-state index in [0.29, 0.717) is 12.2 Å². The van der Waals surface area contributed by atoms with E-state index in [1.54, 1.807) is 21.1 Å². The number of unbranched alkanes of at least 4 members (excludes halogenated alkanes) is 6. The highest BCUT2D eigenvalue weighted by atomic mass is 16.7. The molecule has 1 atom stereocenters.